The molecule has 1 amide bonds. The zero-order valence-corrected chi connectivity index (χ0v) is 18.9. The second-order valence-electron chi connectivity index (χ2n) is 7.89. The van der Waals surface area contributed by atoms with Gasteiger partial charge in [0.05, 0.1) is 11.3 Å². The summed E-state index contributed by atoms with van der Waals surface area (Å²) >= 11 is 6.43. The van der Waals surface area contributed by atoms with Gasteiger partial charge in [-0.15, -0.1) is 0 Å². The normalized spacial score (nSPS) is 18.1. The van der Waals surface area contributed by atoms with Crippen molar-refractivity contribution in [1.82, 2.24) is 19.7 Å². The molecule has 0 bridgehead atoms. The quantitative estimate of drug-likeness (QED) is 0.515. The molecule has 1 atom stereocenters. The third-order valence-electron chi connectivity index (χ3n) is 6.03. The summed E-state index contributed by atoms with van der Waals surface area (Å²) in [4.78, 5) is 44.0. The van der Waals surface area contributed by atoms with Crippen LogP contribution in [0.15, 0.2) is 61.2 Å². The van der Waals surface area contributed by atoms with Gasteiger partial charge >= 0.3 is 5.97 Å². The van der Waals surface area contributed by atoms with Crippen molar-refractivity contribution in [3.8, 4) is 5.69 Å². The van der Waals surface area contributed by atoms with E-state index in [1.54, 1.807) is 66.6 Å². The molecule has 1 aliphatic carbocycles. The minimum absolute atomic E-state index is 0.0623. The van der Waals surface area contributed by atoms with Gasteiger partial charge in [-0.25, -0.2) is 14.5 Å². The molecular formula is C24H23ClN4O4. The lowest BCUT2D eigenvalue weighted by atomic mass is 9.74. The van der Waals surface area contributed by atoms with Gasteiger partial charge in [-0.05, 0) is 49.6 Å². The molecule has 1 aliphatic rings. The lowest BCUT2D eigenvalue weighted by molar-refractivity contribution is -0.150. The number of carbonyl (C=O) groups is 3. The van der Waals surface area contributed by atoms with Crippen LogP contribution < -0.4 is 0 Å². The molecule has 170 valence electrons. The molecule has 1 fully saturated rings. The molecule has 4 rings (SSSR count). The Bertz CT molecular complexity index is 1160. The summed E-state index contributed by atoms with van der Waals surface area (Å²) in [5.74, 6) is -1.17. The van der Waals surface area contributed by atoms with E-state index in [-0.39, 0.29) is 5.78 Å². The third-order valence-corrected chi connectivity index (χ3v) is 6.36. The van der Waals surface area contributed by atoms with E-state index in [1.165, 1.54) is 11.2 Å². The van der Waals surface area contributed by atoms with Crippen LogP contribution in [0.1, 0.15) is 41.6 Å². The predicted molar refractivity (Wildman–Crippen MR) is 121 cm³/mol. The third kappa shape index (κ3) is 4.39. The van der Waals surface area contributed by atoms with Gasteiger partial charge in [0.1, 0.15) is 18.2 Å². The number of aromatic nitrogens is 3. The van der Waals surface area contributed by atoms with Gasteiger partial charge in [0.15, 0.2) is 12.4 Å². The highest BCUT2D eigenvalue weighted by molar-refractivity contribution is 6.31. The van der Waals surface area contributed by atoms with Crippen LogP contribution in [0.5, 0.6) is 0 Å². The van der Waals surface area contributed by atoms with Crippen LogP contribution >= 0.6 is 11.6 Å². The Kier molecular flexibility index (Phi) is 6.55. The standard InChI is InChI=1S/C24H23ClN4O4/c1-28(24(13-5-4-8-21(24)30)19-6-2-3-7-20(19)25)22(31)14-33-23(32)17-9-11-18(12-10-17)29-16-26-15-27-29/h2-3,6-7,9-12,15-16H,4-5,8,13-14H2,1H3. The van der Waals surface area contributed by atoms with Gasteiger partial charge in [0.25, 0.3) is 5.91 Å². The van der Waals surface area contributed by atoms with Crippen LogP contribution in [0, 0.1) is 0 Å². The van der Waals surface area contributed by atoms with Crippen molar-refractivity contribution >= 4 is 29.3 Å². The Morgan fingerprint density at radius 3 is 2.58 bits per heavy atom. The lowest BCUT2D eigenvalue weighted by Crippen LogP contribution is -2.55. The highest BCUT2D eigenvalue weighted by Crippen LogP contribution is 2.42. The molecule has 1 saturated carbocycles. The summed E-state index contributed by atoms with van der Waals surface area (Å²) in [7, 11) is 1.57. The van der Waals surface area contributed by atoms with Crippen LogP contribution in [0.4, 0.5) is 0 Å². The van der Waals surface area contributed by atoms with E-state index >= 15 is 0 Å². The molecule has 1 unspecified atom stereocenters. The first-order valence-electron chi connectivity index (χ1n) is 10.6. The zero-order chi connectivity index (χ0) is 23.4. The van der Waals surface area contributed by atoms with Crippen molar-refractivity contribution in [2.45, 2.75) is 31.2 Å². The van der Waals surface area contributed by atoms with E-state index in [2.05, 4.69) is 10.1 Å². The number of hydrogen-bond acceptors (Lipinski definition) is 6. The summed E-state index contributed by atoms with van der Waals surface area (Å²) in [6, 6.07) is 13.6. The minimum Gasteiger partial charge on any atom is -0.452 e. The number of benzene rings is 2. The average Bonchev–Trinajstić information content (AvgIpc) is 3.38. The van der Waals surface area contributed by atoms with E-state index in [9.17, 15) is 14.4 Å². The average molecular weight is 467 g/mol. The van der Waals surface area contributed by atoms with Crippen molar-refractivity contribution in [2.75, 3.05) is 13.7 Å². The van der Waals surface area contributed by atoms with Crippen molar-refractivity contribution in [2.24, 2.45) is 0 Å². The Balaban J connectivity index is 1.48. The Morgan fingerprint density at radius 1 is 1.15 bits per heavy atom. The van der Waals surface area contributed by atoms with Crippen molar-refractivity contribution in [1.29, 1.82) is 0 Å². The van der Waals surface area contributed by atoms with Crippen molar-refractivity contribution < 1.29 is 19.1 Å². The molecule has 0 spiro atoms. The van der Waals surface area contributed by atoms with E-state index in [4.69, 9.17) is 16.3 Å². The number of nitrogens with zero attached hydrogens (tertiary/aromatic N) is 4. The second-order valence-corrected chi connectivity index (χ2v) is 8.29. The number of halogens is 1. The van der Waals surface area contributed by atoms with Crippen LogP contribution in [0.25, 0.3) is 5.69 Å². The summed E-state index contributed by atoms with van der Waals surface area (Å²) in [5, 5.41) is 4.46. The summed E-state index contributed by atoms with van der Waals surface area (Å²) in [6.45, 7) is -0.486. The molecule has 0 saturated heterocycles. The second kappa shape index (κ2) is 9.54. The van der Waals surface area contributed by atoms with E-state index < -0.39 is 24.0 Å². The Hall–Kier alpha value is -3.52. The molecule has 0 N–H and O–H groups in total. The molecule has 2 aromatic carbocycles. The van der Waals surface area contributed by atoms with Crippen LogP contribution in [-0.2, 0) is 19.9 Å². The fourth-order valence-corrected chi connectivity index (χ4v) is 4.53. The van der Waals surface area contributed by atoms with Crippen molar-refractivity contribution in [3.05, 3.63) is 77.3 Å². The number of ketones is 1. The van der Waals surface area contributed by atoms with E-state index in [0.717, 1.165) is 18.5 Å². The maximum Gasteiger partial charge on any atom is 0.338 e. The maximum atomic E-state index is 13.1. The number of amides is 1. The number of rotatable bonds is 6. The van der Waals surface area contributed by atoms with Gasteiger partial charge in [-0.2, -0.15) is 5.10 Å². The molecule has 9 heteroatoms. The highest BCUT2D eigenvalue weighted by atomic mass is 35.5. The van der Waals surface area contributed by atoms with Crippen LogP contribution in [0.3, 0.4) is 0 Å². The number of Topliss-reactive ketones (excluding diaryl/α,β-unsaturated/α-hetero) is 1. The van der Waals surface area contributed by atoms with Crippen LogP contribution in [0.2, 0.25) is 5.02 Å². The van der Waals surface area contributed by atoms with Gasteiger partial charge < -0.3 is 9.64 Å². The number of likely N-dealkylation sites (N-methyl/N-ethyl adjacent to an activating group) is 1. The predicted octanol–water partition coefficient (Wildman–Crippen LogP) is 3.57. The summed E-state index contributed by atoms with van der Waals surface area (Å²) in [6.07, 6.45) is 5.34. The first-order chi connectivity index (χ1) is 15.9. The Morgan fingerprint density at radius 2 is 1.91 bits per heavy atom. The maximum absolute atomic E-state index is 13.1. The molecule has 8 nitrogen and oxygen atoms in total. The number of hydrogen-bond donors (Lipinski definition) is 0. The first-order valence-corrected chi connectivity index (χ1v) is 11.0. The van der Waals surface area contributed by atoms with E-state index in [1.807, 2.05) is 0 Å². The molecule has 1 aromatic heterocycles. The highest BCUT2D eigenvalue weighted by Gasteiger charge is 2.48. The summed E-state index contributed by atoms with van der Waals surface area (Å²) in [5.41, 5.74) is 0.461. The number of carbonyl (C=O) groups excluding carboxylic acids is 3. The monoisotopic (exact) mass is 466 g/mol. The van der Waals surface area contributed by atoms with Gasteiger partial charge in [0.2, 0.25) is 0 Å². The Labute approximate surface area is 196 Å². The topological polar surface area (TPSA) is 94.4 Å². The van der Waals surface area contributed by atoms with Gasteiger partial charge in [0, 0.05) is 24.1 Å². The smallest absolute Gasteiger partial charge is 0.338 e. The lowest BCUT2D eigenvalue weighted by Gasteiger charge is -2.43. The fourth-order valence-electron chi connectivity index (χ4n) is 4.24. The molecule has 33 heavy (non-hydrogen) atoms. The summed E-state index contributed by atoms with van der Waals surface area (Å²) < 4.78 is 6.83. The fraction of sp³-hybridized carbons (Fsp3) is 0.292. The van der Waals surface area contributed by atoms with Gasteiger partial charge in [-0.3, -0.25) is 9.59 Å². The molecule has 0 aliphatic heterocycles. The van der Waals surface area contributed by atoms with Gasteiger partial charge in [-0.1, -0.05) is 29.8 Å². The molecule has 3 aromatic rings. The number of ether oxygens (including phenoxy) is 1. The minimum atomic E-state index is -1.17. The van der Waals surface area contributed by atoms with Crippen molar-refractivity contribution in [3.63, 3.8) is 0 Å². The van der Waals surface area contributed by atoms with E-state index in [0.29, 0.717) is 29.0 Å². The van der Waals surface area contributed by atoms with Crippen LogP contribution in [-0.4, -0.2) is 51.0 Å². The zero-order valence-electron chi connectivity index (χ0n) is 18.1. The molecule has 1 heterocycles. The number of esters is 1. The largest absolute Gasteiger partial charge is 0.452 e. The first kappa shape index (κ1) is 22.7. The molecular weight excluding hydrogens is 444 g/mol. The molecule has 0 radical (unpaired) electrons. The SMILES string of the molecule is CN(C(=O)COC(=O)c1ccc(-n2cncn2)cc1)C1(c2ccccc2Cl)CCCCC1=O.